The van der Waals surface area contributed by atoms with E-state index in [1.165, 1.54) is 0 Å². The molecule has 2 rings (SSSR count). The Bertz CT molecular complexity index is 528. The van der Waals surface area contributed by atoms with Gasteiger partial charge in [0.2, 0.25) is 5.91 Å². The van der Waals surface area contributed by atoms with Gasteiger partial charge in [0.05, 0.1) is 0 Å². The summed E-state index contributed by atoms with van der Waals surface area (Å²) < 4.78 is 0. The second-order valence-electron chi connectivity index (χ2n) is 5.43. The molecule has 0 aliphatic carbocycles. The normalized spacial score (nSPS) is 13.5. The highest BCUT2D eigenvalue weighted by Gasteiger charge is 2.18. The molecule has 1 aromatic rings. The Labute approximate surface area is 125 Å². The van der Waals surface area contributed by atoms with Crippen LogP contribution in [0.5, 0.6) is 0 Å². The van der Waals surface area contributed by atoms with Gasteiger partial charge in [0.15, 0.2) is 0 Å². The zero-order valence-corrected chi connectivity index (χ0v) is 12.4. The molecule has 0 aromatic heterocycles. The highest BCUT2D eigenvalue weighted by Crippen LogP contribution is 2.24. The number of unbranched alkanes of at least 4 members (excludes halogenated alkanes) is 2. The van der Waals surface area contributed by atoms with Gasteiger partial charge in [0.1, 0.15) is 0 Å². The predicted octanol–water partition coefficient (Wildman–Crippen LogP) is 1.81. The van der Waals surface area contributed by atoms with Gasteiger partial charge in [-0.25, -0.2) is 0 Å². The molecule has 0 spiro atoms. The van der Waals surface area contributed by atoms with Gasteiger partial charge < -0.3 is 15.3 Å². The van der Waals surface area contributed by atoms with Crippen molar-refractivity contribution in [1.82, 2.24) is 4.90 Å². The van der Waals surface area contributed by atoms with Gasteiger partial charge in [-0.3, -0.25) is 9.59 Å². The van der Waals surface area contributed by atoms with Crippen molar-refractivity contribution < 1.29 is 14.7 Å². The van der Waals surface area contributed by atoms with Gasteiger partial charge in [-0.15, -0.1) is 0 Å². The minimum Gasteiger partial charge on any atom is -0.396 e. The number of fused-ring (bicyclic) bond motifs is 1. The molecule has 0 fully saturated rings. The van der Waals surface area contributed by atoms with Crippen LogP contribution in [0.1, 0.15) is 41.6 Å². The molecular weight excluding hydrogens is 268 g/mol. The van der Waals surface area contributed by atoms with Gasteiger partial charge in [0, 0.05) is 37.9 Å². The second kappa shape index (κ2) is 7.22. The number of hydrogen-bond donors (Lipinski definition) is 2. The fraction of sp³-hybridized carbons (Fsp3) is 0.500. The third kappa shape index (κ3) is 4.04. The molecule has 0 bridgehead atoms. The Morgan fingerprint density at radius 3 is 2.86 bits per heavy atom. The lowest BCUT2D eigenvalue weighted by Crippen LogP contribution is -2.28. The number of rotatable bonds is 6. The number of anilines is 1. The number of aryl methyl sites for hydroxylation is 1. The maximum Gasteiger partial charge on any atom is 0.253 e. The number of nitrogens with zero attached hydrogens (tertiary/aromatic N) is 1. The van der Waals surface area contributed by atoms with E-state index in [1.54, 1.807) is 24.1 Å². The van der Waals surface area contributed by atoms with Crippen LogP contribution in [0.4, 0.5) is 5.69 Å². The quantitative estimate of drug-likeness (QED) is 0.785. The van der Waals surface area contributed by atoms with Gasteiger partial charge in [0.25, 0.3) is 5.91 Å². The average molecular weight is 290 g/mol. The van der Waals surface area contributed by atoms with Crippen LogP contribution >= 0.6 is 0 Å². The Balaban J connectivity index is 1.97. The first kappa shape index (κ1) is 15.5. The molecule has 5 nitrogen and oxygen atoms in total. The van der Waals surface area contributed by atoms with E-state index in [9.17, 15) is 9.59 Å². The number of benzene rings is 1. The van der Waals surface area contributed by atoms with Crippen molar-refractivity contribution in [2.75, 3.05) is 25.5 Å². The maximum absolute atomic E-state index is 12.3. The molecule has 0 atom stereocenters. The molecule has 2 N–H and O–H groups in total. The first-order valence-electron chi connectivity index (χ1n) is 7.41. The van der Waals surface area contributed by atoms with Gasteiger partial charge in [-0.05, 0) is 49.4 Å². The Morgan fingerprint density at radius 1 is 1.29 bits per heavy atom. The summed E-state index contributed by atoms with van der Waals surface area (Å²) in [7, 11) is 1.79. The van der Waals surface area contributed by atoms with Crippen molar-refractivity contribution in [2.24, 2.45) is 0 Å². The van der Waals surface area contributed by atoms with Crippen molar-refractivity contribution in [3.8, 4) is 0 Å². The first-order valence-corrected chi connectivity index (χ1v) is 7.41. The molecule has 1 aliphatic heterocycles. The summed E-state index contributed by atoms with van der Waals surface area (Å²) in [6.07, 6.45) is 3.75. The van der Waals surface area contributed by atoms with Crippen LogP contribution in [0.15, 0.2) is 18.2 Å². The Kier molecular flexibility index (Phi) is 5.33. The second-order valence-corrected chi connectivity index (χ2v) is 5.43. The summed E-state index contributed by atoms with van der Waals surface area (Å²) in [6, 6.07) is 5.44. The van der Waals surface area contributed by atoms with E-state index in [0.29, 0.717) is 24.9 Å². The Morgan fingerprint density at radius 2 is 2.10 bits per heavy atom. The van der Waals surface area contributed by atoms with Crippen molar-refractivity contribution in [3.05, 3.63) is 29.3 Å². The highest BCUT2D eigenvalue weighted by molar-refractivity contribution is 5.97. The van der Waals surface area contributed by atoms with Crippen LogP contribution in [0.2, 0.25) is 0 Å². The summed E-state index contributed by atoms with van der Waals surface area (Å²) >= 11 is 0. The van der Waals surface area contributed by atoms with Crippen molar-refractivity contribution in [2.45, 2.75) is 32.1 Å². The molecular formula is C16H22N2O3. The summed E-state index contributed by atoms with van der Waals surface area (Å²) in [5.41, 5.74) is 2.50. The third-order valence-corrected chi connectivity index (χ3v) is 3.75. The van der Waals surface area contributed by atoms with E-state index >= 15 is 0 Å². The summed E-state index contributed by atoms with van der Waals surface area (Å²) in [5.74, 6) is 0.0290. The van der Waals surface area contributed by atoms with Gasteiger partial charge >= 0.3 is 0 Å². The number of carbonyl (C=O) groups excluding carboxylic acids is 2. The van der Waals surface area contributed by atoms with Crippen molar-refractivity contribution in [3.63, 3.8) is 0 Å². The van der Waals surface area contributed by atoms with Crippen molar-refractivity contribution in [1.29, 1.82) is 0 Å². The molecule has 114 valence electrons. The zero-order valence-electron chi connectivity index (χ0n) is 12.4. The molecule has 1 aliphatic rings. The van der Waals surface area contributed by atoms with Gasteiger partial charge in [-0.2, -0.15) is 0 Å². The van der Waals surface area contributed by atoms with Crippen LogP contribution in [0.25, 0.3) is 0 Å². The smallest absolute Gasteiger partial charge is 0.253 e. The standard InChI is InChI=1S/C16H22N2O3/c1-18(9-3-2-4-10-19)16(21)13-5-7-14-12(11-13)6-8-15(20)17-14/h5,7,11,19H,2-4,6,8-10H2,1H3,(H,17,20). The average Bonchev–Trinajstić information content (AvgIpc) is 2.50. The molecule has 2 amide bonds. The number of hydrogen-bond acceptors (Lipinski definition) is 3. The molecule has 0 saturated carbocycles. The minimum absolute atomic E-state index is 0.00121. The summed E-state index contributed by atoms with van der Waals surface area (Å²) in [6.45, 7) is 0.890. The van der Waals surface area contributed by atoms with E-state index in [0.717, 1.165) is 30.5 Å². The molecule has 1 heterocycles. The predicted molar refractivity (Wildman–Crippen MR) is 81.3 cm³/mol. The lowest BCUT2D eigenvalue weighted by molar-refractivity contribution is -0.116. The molecule has 1 aromatic carbocycles. The number of nitrogens with one attached hydrogen (secondary N) is 1. The molecule has 5 heteroatoms. The zero-order chi connectivity index (χ0) is 15.2. The minimum atomic E-state index is -0.00121. The van der Waals surface area contributed by atoms with E-state index in [4.69, 9.17) is 5.11 Å². The van der Waals surface area contributed by atoms with E-state index in [1.807, 2.05) is 6.07 Å². The van der Waals surface area contributed by atoms with Crippen LogP contribution < -0.4 is 5.32 Å². The monoisotopic (exact) mass is 290 g/mol. The van der Waals surface area contributed by atoms with E-state index in [-0.39, 0.29) is 18.4 Å². The fourth-order valence-corrected chi connectivity index (χ4v) is 2.48. The van der Waals surface area contributed by atoms with Crippen LogP contribution in [-0.2, 0) is 11.2 Å². The molecule has 0 unspecified atom stereocenters. The van der Waals surface area contributed by atoms with Crippen molar-refractivity contribution >= 4 is 17.5 Å². The lowest BCUT2D eigenvalue weighted by Gasteiger charge is -2.20. The molecule has 21 heavy (non-hydrogen) atoms. The number of aliphatic hydroxyl groups excluding tert-OH is 1. The maximum atomic E-state index is 12.3. The topological polar surface area (TPSA) is 69.6 Å². The fourth-order valence-electron chi connectivity index (χ4n) is 2.48. The molecule has 0 radical (unpaired) electrons. The van der Waals surface area contributed by atoms with E-state index in [2.05, 4.69) is 5.32 Å². The van der Waals surface area contributed by atoms with Crippen LogP contribution in [0, 0.1) is 0 Å². The largest absolute Gasteiger partial charge is 0.396 e. The number of aliphatic hydroxyl groups is 1. The highest BCUT2D eigenvalue weighted by atomic mass is 16.3. The number of amides is 2. The third-order valence-electron chi connectivity index (χ3n) is 3.75. The first-order chi connectivity index (χ1) is 10.1. The van der Waals surface area contributed by atoms with Crippen LogP contribution in [-0.4, -0.2) is 42.0 Å². The lowest BCUT2D eigenvalue weighted by atomic mass is 10.00. The molecule has 0 saturated heterocycles. The van der Waals surface area contributed by atoms with Gasteiger partial charge in [-0.1, -0.05) is 0 Å². The number of carbonyl (C=O) groups is 2. The summed E-state index contributed by atoms with van der Waals surface area (Å²) in [5, 5.41) is 11.6. The van der Waals surface area contributed by atoms with Crippen LogP contribution in [0.3, 0.4) is 0 Å². The SMILES string of the molecule is CN(CCCCCO)C(=O)c1ccc2c(c1)CCC(=O)N2. The van der Waals surface area contributed by atoms with E-state index < -0.39 is 0 Å². The summed E-state index contributed by atoms with van der Waals surface area (Å²) in [4.78, 5) is 25.4. The Hall–Kier alpha value is -1.88.